The number of rotatable bonds is 1. The Bertz CT molecular complexity index is 447. The Hall–Kier alpha value is -1.13. The molecule has 1 aliphatic rings. The fraction of sp³-hybridized carbons (Fsp3) is 0.500. The zero-order chi connectivity index (χ0) is 13.1. The largest absolute Gasteiger partial charge is 0.391 e. The average molecular weight is 264 g/mol. The van der Waals surface area contributed by atoms with E-state index in [0.29, 0.717) is 11.7 Å². The van der Waals surface area contributed by atoms with Gasteiger partial charge in [-0.2, -0.15) is 0 Å². The maximum atomic E-state index is 9.65. The second-order valence-electron chi connectivity index (χ2n) is 4.97. The van der Waals surface area contributed by atoms with Crippen LogP contribution in [0, 0.1) is 13.8 Å². The van der Waals surface area contributed by atoms with Crippen LogP contribution in [0.2, 0.25) is 0 Å². The van der Waals surface area contributed by atoms with Crippen molar-refractivity contribution in [3.8, 4) is 0 Å². The fourth-order valence-electron chi connectivity index (χ4n) is 2.16. The molecule has 0 radical (unpaired) electrons. The number of aliphatic hydroxyl groups excluding tert-OH is 1. The molecule has 0 spiro atoms. The van der Waals surface area contributed by atoms with Crippen LogP contribution in [0.25, 0.3) is 0 Å². The van der Waals surface area contributed by atoms with E-state index in [1.807, 2.05) is 11.0 Å². The molecular formula is C14H20N2OS. The molecule has 0 aliphatic carbocycles. The van der Waals surface area contributed by atoms with Crippen LogP contribution in [0.5, 0.6) is 0 Å². The summed E-state index contributed by atoms with van der Waals surface area (Å²) in [5.74, 6) is 0. The minimum Gasteiger partial charge on any atom is -0.391 e. The number of thiocarbonyl (C=S) groups is 1. The summed E-state index contributed by atoms with van der Waals surface area (Å²) in [6.07, 6.45) is 1.62. The molecule has 1 aliphatic heterocycles. The number of β-amino-alcohol motifs (C(OH)–C–C–N with tert-alkyl or cyclic N) is 1. The number of nitrogens with zero attached hydrogens (tertiary/aromatic N) is 1. The van der Waals surface area contributed by atoms with Crippen LogP contribution in [0.15, 0.2) is 18.2 Å². The lowest BCUT2D eigenvalue weighted by atomic mass is 10.1. The van der Waals surface area contributed by atoms with E-state index < -0.39 is 0 Å². The molecule has 1 atom stereocenters. The van der Waals surface area contributed by atoms with Gasteiger partial charge in [-0.3, -0.25) is 0 Å². The summed E-state index contributed by atoms with van der Waals surface area (Å²) in [6.45, 7) is 5.75. The molecule has 3 nitrogen and oxygen atoms in total. The summed E-state index contributed by atoms with van der Waals surface area (Å²) < 4.78 is 0. The SMILES string of the molecule is Cc1ccc(NC(=S)N2CCC[C@@H](O)C2)cc1C. The van der Waals surface area contributed by atoms with Gasteiger partial charge in [0, 0.05) is 18.8 Å². The van der Waals surface area contributed by atoms with Gasteiger partial charge in [0.2, 0.25) is 0 Å². The van der Waals surface area contributed by atoms with Gasteiger partial charge in [-0.1, -0.05) is 6.07 Å². The van der Waals surface area contributed by atoms with E-state index in [2.05, 4.69) is 31.3 Å². The number of hydrogen-bond donors (Lipinski definition) is 2. The van der Waals surface area contributed by atoms with E-state index in [-0.39, 0.29) is 6.10 Å². The van der Waals surface area contributed by atoms with Gasteiger partial charge < -0.3 is 15.3 Å². The predicted octanol–water partition coefficient (Wildman–Crippen LogP) is 2.46. The van der Waals surface area contributed by atoms with E-state index in [9.17, 15) is 5.11 Å². The van der Waals surface area contributed by atoms with Crippen molar-refractivity contribution < 1.29 is 5.11 Å². The first-order valence-electron chi connectivity index (χ1n) is 6.37. The number of aliphatic hydroxyl groups is 1. The van der Waals surface area contributed by atoms with Gasteiger partial charge in [-0.05, 0) is 62.2 Å². The Morgan fingerprint density at radius 3 is 2.83 bits per heavy atom. The molecule has 0 unspecified atom stereocenters. The van der Waals surface area contributed by atoms with Gasteiger partial charge in [0.15, 0.2) is 5.11 Å². The zero-order valence-electron chi connectivity index (χ0n) is 10.9. The molecule has 98 valence electrons. The normalized spacial score (nSPS) is 19.7. The Kier molecular flexibility index (Phi) is 4.19. The van der Waals surface area contributed by atoms with Crippen LogP contribution in [-0.4, -0.2) is 34.3 Å². The van der Waals surface area contributed by atoms with Crippen molar-refractivity contribution in [2.24, 2.45) is 0 Å². The lowest BCUT2D eigenvalue weighted by molar-refractivity contribution is 0.104. The molecule has 2 N–H and O–H groups in total. The summed E-state index contributed by atoms with van der Waals surface area (Å²) in [5, 5.41) is 13.6. The highest BCUT2D eigenvalue weighted by Gasteiger charge is 2.19. The summed E-state index contributed by atoms with van der Waals surface area (Å²) in [7, 11) is 0. The smallest absolute Gasteiger partial charge is 0.173 e. The van der Waals surface area contributed by atoms with Gasteiger partial charge in [-0.15, -0.1) is 0 Å². The number of nitrogens with one attached hydrogen (secondary N) is 1. The second-order valence-corrected chi connectivity index (χ2v) is 5.36. The minimum absolute atomic E-state index is 0.252. The topological polar surface area (TPSA) is 35.5 Å². The van der Waals surface area contributed by atoms with Crippen LogP contribution >= 0.6 is 12.2 Å². The standard InChI is InChI=1S/C14H20N2OS/c1-10-5-6-12(8-11(10)2)15-14(18)16-7-3-4-13(17)9-16/h5-6,8,13,17H,3-4,7,9H2,1-2H3,(H,15,18)/t13-/m1/s1. The first-order chi connectivity index (χ1) is 8.56. The van der Waals surface area contributed by atoms with Gasteiger partial charge >= 0.3 is 0 Å². The zero-order valence-corrected chi connectivity index (χ0v) is 11.8. The highest BCUT2D eigenvalue weighted by atomic mass is 32.1. The van der Waals surface area contributed by atoms with Crippen LogP contribution in [0.4, 0.5) is 5.69 Å². The maximum Gasteiger partial charge on any atom is 0.173 e. The van der Waals surface area contributed by atoms with Crippen molar-refractivity contribution in [2.75, 3.05) is 18.4 Å². The summed E-state index contributed by atoms with van der Waals surface area (Å²) in [6, 6.07) is 6.22. The van der Waals surface area contributed by atoms with E-state index in [0.717, 1.165) is 25.1 Å². The van der Waals surface area contributed by atoms with Crippen molar-refractivity contribution in [1.82, 2.24) is 4.90 Å². The lowest BCUT2D eigenvalue weighted by Crippen LogP contribution is -2.44. The third-order valence-electron chi connectivity index (χ3n) is 3.44. The van der Waals surface area contributed by atoms with Gasteiger partial charge in [0.05, 0.1) is 6.10 Å². The molecule has 18 heavy (non-hydrogen) atoms. The van der Waals surface area contributed by atoms with E-state index in [1.165, 1.54) is 11.1 Å². The quantitative estimate of drug-likeness (QED) is 0.764. The fourth-order valence-corrected chi connectivity index (χ4v) is 2.44. The Balaban J connectivity index is 2.00. The minimum atomic E-state index is -0.252. The van der Waals surface area contributed by atoms with Gasteiger partial charge in [-0.25, -0.2) is 0 Å². The first kappa shape index (κ1) is 13.3. The molecule has 1 aromatic carbocycles. The molecule has 0 aromatic heterocycles. The molecule has 0 amide bonds. The summed E-state index contributed by atoms with van der Waals surface area (Å²) in [5.41, 5.74) is 3.55. The van der Waals surface area contributed by atoms with E-state index in [1.54, 1.807) is 0 Å². The van der Waals surface area contributed by atoms with Crippen molar-refractivity contribution in [3.05, 3.63) is 29.3 Å². The number of hydrogen-bond acceptors (Lipinski definition) is 2. The average Bonchev–Trinajstić information content (AvgIpc) is 2.34. The number of benzene rings is 1. The third-order valence-corrected chi connectivity index (χ3v) is 3.80. The predicted molar refractivity (Wildman–Crippen MR) is 79.0 cm³/mol. The van der Waals surface area contributed by atoms with Crippen LogP contribution in [0.1, 0.15) is 24.0 Å². The molecule has 0 bridgehead atoms. The van der Waals surface area contributed by atoms with Gasteiger partial charge in [0.1, 0.15) is 0 Å². The van der Waals surface area contributed by atoms with E-state index >= 15 is 0 Å². The second kappa shape index (κ2) is 5.67. The molecule has 1 aromatic rings. The number of anilines is 1. The molecule has 1 fully saturated rings. The third kappa shape index (κ3) is 3.21. The lowest BCUT2D eigenvalue weighted by Gasteiger charge is -2.32. The van der Waals surface area contributed by atoms with Crippen molar-refractivity contribution in [2.45, 2.75) is 32.8 Å². The highest BCUT2D eigenvalue weighted by molar-refractivity contribution is 7.80. The van der Waals surface area contributed by atoms with Crippen LogP contribution in [0.3, 0.4) is 0 Å². The number of piperidine rings is 1. The molecule has 2 rings (SSSR count). The van der Waals surface area contributed by atoms with Crippen molar-refractivity contribution >= 4 is 23.0 Å². The monoisotopic (exact) mass is 264 g/mol. The first-order valence-corrected chi connectivity index (χ1v) is 6.78. The molecular weight excluding hydrogens is 244 g/mol. The molecule has 4 heteroatoms. The van der Waals surface area contributed by atoms with Crippen molar-refractivity contribution in [3.63, 3.8) is 0 Å². The van der Waals surface area contributed by atoms with E-state index in [4.69, 9.17) is 12.2 Å². The van der Waals surface area contributed by atoms with Crippen LogP contribution < -0.4 is 5.32 Å². The Labute approximate surface area is 114 Å². The molecule has 1 saturated heterocycles. The maximum absolute atomic E-state index is 9.65. The number of aryl methyl sites for hydroxylation is 2. The Morgan fingerprint density at radius 1 is 1.39 bits per heavy atom. The summed E-state index contributed by atoms with van der Waals surface area (Å²) in [4.78, 5) is 2.04. The molecule has 0 saturated carbocycles. The summed E-state index contributed by atoms with van der Waals surface area (Å²) >= 11 is 5.39. The molecule has 1 heterocycles. The number of likely N-dealkylation sites (tertiary alicyclic amines) is 1. The highest BCUT2D eigenvalue weighted by Crippen LogP contribution is 2.16. The van der Waals surface area contributed by atoms with Crippen LogP contribution in [-0.2, 0) is 0 Å². The van der Waals surface area contributed by atoms with Gasteiger partial charge in [0.25, 0.3) is 0 Å². The Morgan fingerprint density at radius 2 is 2.17 bits per heavy atom. The van der Waals surface area contributed by atoms with Crippen molar-refractivity contribution in [1.29, 1.82) is 0 Å².